The largest absolute Gasteiger partial charge is 0.356 e. The van der Waals surface area contributed by atoms with Crippen LogP contribution in [0.3, 0.4) is 0 Å². The first-order chi connectivity index (χ1) is 14.1. The highest BCUT2D eigenvalue weighted by Crippen LogP contribution is 2.32. The number of amidine groups is 1. The van der Waals surface area contributed by atoms with Gasteiger partial charge in [-0.15, -0.1) is 6.58 Å². The summed E-state index contributed by atoms with van der Waals surface area (Å²) in [4.78, 5) is 31.4. The van der Waals surface area contributed by atoms with E-state index in [1.807, 2.05) is 61.5 Å². The molecule has 1 N–H and O–H groups in total. The number of amides is 2. The molecule has 0 aromatic heterocycles. The quantitative estimate of drug-likeness (QED) is 0.676. The second kappa shape index (κ2) is 10.1. The Morgan fingerprint density at radius 3 is 2.66 bits per heavy atom. The van der Waals surface area contributed by atoms with Crippen LogP contribution in [0.15, 0.2) is 72.2 Å². The molecular weight excluding hydrogens is 382 g/mol. The molecule has 1 unspecified atom stereocenters. The maximum absolute atomic E-state index is 12.8. The molecule has 2 aromatic carbocycles. The van der Waals surface area contributed by atoms with E-state index in [1.54, 1.807) is 11.0 Å². The van der Waals surface area contributed by atoms with Crippen LogP contribution in [-0.2, 0) is 16.0 Å². The van der Waals surface area contributed by atoms with Crippen molar-refractivity contribution in [2.45, 2.75) is 25.0 Å². The van der Waals surface area contributed by atoms with Crippen molar-refractivity contribution in [2.24, 2.45) is 4.99 Å². The van der Waals surface area contributed by atoms with Gasteiger partial charge in [0.15, 0.2) is 5.17 Å². The van der Waals surface area contributed by atoms with Crippen LogP contribution in [0.2, 0.25) is 0 Å². The summed E-state index contributed by atoms with van der Waals surface area (Å²) in [7, 11) is 0. The summed E-state index contributed by atoms with van der Waals surface area (Å²) in [6.45, 7) is 6.65. The van der Waals surface area contributed by atoms with Gasteiger partial charge in [-0.25, -0.2) is 4.99 Å². The van der Waals surface area contributed by atoms with Crippen molar-refractivity contribution in [3.8, 4) is 0 Å². The minimum absolute atomic E-state index is 0.0968. The molecule has 0 radical (unpaired) electrons. The fourth-order valence-corrected chi connectivity index (χ4v) is 4.21. The van der Waals surface area contributed by atoms with Crippen LogP contribution >= 0.6 is 11.8 Å². The smallest absolute Gasteiger partial charge is 0.242 e. The number of benzene rings is 2. The third kappa shape index (κ3) is 5.57. The molecule has 2 amide bonds. The molecule has 150 valence electrons. The predicted octanol–water partition coefficient (Wildman–Crippen LogP) is 3.86. The van der Waals surface area contributed by atoms with E-state index in [9.17, 15) is 9.59 Å². The number of hydrogen-bond acceptors (Lipinski definition) is 4. The Morgan fingerprint density at radius 1 is 1.21 bits per heavy atom. The predicted molar refractivity (Wildman–Crippen MR) is 119 cm³/mol. The SMILES string of the molecule is C=CCN1C(=O)C(CC(=O)NCCc2ccccc2)SC1=Nc1ccccc1C. The normalized spacial score (nSPS) is 17.6. The number of rotatable bonds is 8. The van der Waals surface area contributed by atoms with Gasteiger partial charge in [0, 0.05) is 19.5 Å². The van der Waals surface area contributed by atoms with Gasteiger partial charge in [0.2, 0.25) is 11.8 Å². The molecule has 29 heavy (non-hydrogen) atoms. The minimum Gasteiger partial charge on any atom is -0.356 e. The number of aryl methyl sites for hydroxylation is 1. The van der Waals surface area contributed by atoms with Gasteiger partial charge in [-0.1, -0.05) is 66.4 Å². The minimum atomic E-state index is -0.463. The van der Waals surface area contributed by atoms with Crippen LogP contribution in [0, 0.1) is 6.92 Å². The van der Waals surface area contributed by atoms with E-state index < -0.39 is 5.25 Å². The highest BCUT2D eigenvalue weighted by atomic mass is 32.2. The average molecular weight is 408 g/mol. The van der Waals surface area contributed by atoms with Gasteiger partial charge < -0.3 is 5.32 Å². The summed E-state index contributed by atoms with van der Waals surface area (Å²) in [5.41, 5.74) is 3.03. The molecule has 6 heteroatoms. The van der Waals surface area contributed by atoms with Crippen molar-refractivity contribution >= 4 is 34.4 Å². The number of nitrogens with one attached hydrogen (secondary N) is 1. The molecule has 0 aliphatic carbocycles. The maximum Gasteiger partial charge on any atom is 0.242 e. The van der Waals surface area contributed by atoms with E-state index in [0.717, 1.165) is 17.7 Å². The van der Waals surface area contributed by atoms with Gasteiger partial charge in [0.1, 0.15) is 5.25 Å². The van der Waals surface area contributed by atoms with E-state index in [1.165, 1.54) is 17.3 Å². The Bertz CT molecular complexity index is 911. The lowest BCUT2D eigenvalue weighted by Crippen LogP contribution is -2.35. The Morgan fingerprint density at radius 2 is 1.93 bits per heavy atom. The summed E-state index contributed by atoms with van der Waals surface area (Å²) in [5.74, 6) is -0.220. The molecule has 1 heterocycles. The van der Waals surface area contributed by atoms with E-state index in [2.05, 4.69) is 16.9 Å². The summed E-state index contributed by atoms with van der Waals surface area (Å²) in [6.07, 6.45) is 2.58. The number of carbonyl (C=O) groups is 2. The maximum atomic E-state index is 12.8. The van der Waals surface area contributed by atoms with Crippen LogP contribution in [0.5, 0.6) is 0 Å². The molecule has 0 spiro atoms. The Labute approximate surface area is 175 Å². The van der Waals surface area contributed by atoms with Crippen molar-refractivity contribution in [3.05, 3.63) is 78.4 Å². The van der Waals surface area contributed by atoms with Crippen molar-refractivity contribution in [3.63, 3.8) is 0 Å². The number of aliphatic imine (C=N–C) groups is 1. The molecule has 1 aliphatic rings. The van der Waals surface area contributed by atoms with Crippen molar-refractivity contribution in [2.75, 3.05) is 13.1 Å². The molecule has 0 saturated carbocycles. The zero-order valence-electron chi connectivity index (χ0n) is 16.5. The molecular formula is C23H25N3O2S. The van der Waals surface area contributed by atoms with E-state index in [-0.39, 0.29) is 18.2 Å². The van der Waals surface area contributed by atoms with Crippen LogP contribution < -0.4 is 5.32 Å². The van der Waals surface area contributed by atoms with Gasteiger partial charge in [0.25, 0.3) is 0 Å². The average Bonchev–Trinajstić information content (AvgIpc) is 3.00. The fourth-order valence-electron chi connectivity index (χ4n) is 3.05. The van der Waals surface area contributed by atoms with Gasteiger partial charge in [-0.05, 0) is 30.5 Å². The monoisotopic (exact) mass is 407 g/mol. The number of carbonyl (C=O) groups excluding carboxylic acids is 2. The molecule has 3 rings (SSSR count). The van der Waals surface area contributed by atoms with Gasteiger partial charge in [-0.2, -0.15) is 0 Å². The van der Waals surface area contributed by atoms with Crippen molar-refractivity contribution in [1.29, 1.82) is 0 Å². The number of para-hydroxylation sites is 1. The van der Waals surface area contributed by atoms with Crippen LogP contribution in [-0.4, -0.2) is 40.2 Å². The standard InChI is InChI=1S/C23H25N3O2S/c1-3-15-26-22(28)20(29-23(26)25-19-12-8-7-9-17(19)2)16-21(27)24-14-13-18-10-5-4-6-11-18/h3-12,20H,1,13-16H2,2H3,(H,24,27). The second-order valence-electron chi connectivity index (χ2n) is 6.81. The first-order valence-electron chi connectivity index (χ1n) is 9.62. The first kappa shape index (κ1) is 20.9. The molecule has 5 nitrogen and oxygen atoms in total. The number of hydrogen-bond donors (Lipinski definition) is 1. The van der Waals surface area contributed by atoms with Gasteiger partial charge >= 0.3 is 0 Å². The Kier molecular flexibility index (Phi) is 7.25. The topological polar surface area (TPSA) is 61.8 Å². The zero-order valence-corrected chi connectivity index (χ0v) is 17.3. The Hall–Kier alpha value is -2.86. The van der Waals surface area contributed by atoms with Crippen LogP contribution in [0.25, 0.3) is 0 Å². The molecule has 1 aliphatic heterocycles. The molecule has 1 fully saturated rings. The lowest BCUT2D eigenvalue weighted by atomic mass is 10.1. The summed E-state index contributed by atoms with van der Waals surface area (Å²) in [6, 6.07) is 17.8. The van der Waals surface area contributed by atoms with Gasteiger partial charge in [0.05, 0.1) is 5.69 Å². The second-order valence-corrected chi connectivity index (χ2v) is 7.98. The summed E-state index contributed by atoms with van der Waals surface area (Å²) in [5, 5.41) is 3.07. The highest BCUT2D eigenvalue weighted by Gasteiger charge is 2.38. The van der Waals surface area contributed by atoms with Crippen molar-refractivity contribution in [1.82, 2.24) is 10.2 Å². The van der Waals surface area contributed by atoms with E-state index >= 15 is 0 Å². The summed E-state index contributed by atoms with van der Waals surface area (Å²) < 4.78 is 0. The third-order valence-electron chi connectivity index (χ3n) is 4.61. The molecule has 2 aromatic rings. The lowest BCUT2D eigenvalue weighted by molar-refractivity contribution is -0.129. The van der Waals surface area contributed by atoms with E-state index in [0.29, 0.717) is 18.3 Å². The third-order valence-corrected chi connectivity index (χ3v) is 5.79. The first-order valence-corrected chi connectivity index (χ1v) is 10.5. The fraction of sp³-hybridized carbons (Fsp3) is 0.261. The van der Waals surface area contributed by atoms with Gasteiger partial charge in [-0.3, -0.25) is 14.5 Å². The van der Waals surface area contributed by atoms with Crippen molar-refractivity contribution < 1.29 is 9.59 Å². The lowest BCUT2D eigenvalue weighted by Gasteiger charge is -2.14. The number of nitrogens with zero attached hydrogens (tertiary/aromatic N) is 2. The molecule has 0 bridgehead atoms. The molecule has 1 atom stereocenters. The molecule has 1 saturated heterocycles. The van der Waals surface area contributed by atoms with Crippen LogP contribution in [0.1, 0.15) is 17.5 Å². The zero-order chi connectivity index (χ0) is 20.6. The number of thioether (sulfide) groups is 1. The Balaban J connectivity index is 1.62. The van der Waals surface area contributed by atoms with Crippen LogP contribution in [0.4, 0.5) is 5.69 Å². The summed E-state index contributed by atoms with van der Waals surface area (Å²) >= 11 is 1.35. The highest BCUT2D eigenvalue weighted by molar-refractivity contribution is 8.15. The van der Waals surface area contributed by atoms with E-state index in [4.69, 9.17) is 0 Å².